The summed E-state index contributed by atoms with van der Waals surface area (Å²) in [6.45, 7) is 1.83. The normalized spacial score (nSPS) is 15.1. The summed E-state index contributed by atoms with van der Waals surface area (Å²) in [6, 6.07) is 18.2. The predicted molar refractivity (Wildman–Crippen MR) is 113 cm³/mol. The van der Waals surface area contributed by atoms with Crippen molar-refractivity contribution < 1.29 is 19.1 Å². The van der Waals surface area contributed by atoms with Gasteiger partial charge < -0.3 is 9.64 Å². The highest BCUT2D eigenvalue weighted by atomic mass is 16.5. The third-order valence-corrected chi connectivity index (χ3v) is 4.84. The third kappa shape index (κ3) is 4.40. The molecule has 1 aliphatic heterocycles. The van der Waals surface area contributed by atoms with E-state index in [0.717, 1.165) is 5.56 Å². The van der Waals surface area contributed by atoms with Gasteiger partial charge in [0.05, 0.1) is 11.4 Å². The molecule has 9 heteroatoms. The Morgan fingerprint density at radius 3 is 2.65 bits per heavy atom. The molecular formula is C22H21N5O4. The van der Waals surface area contributed by atoms with Crippen molar-refractivity contribution in [3.05, 3.63) is 66.4 Å². The zero-order valence-electron chi connectivity index (χ0n) is 16.8. The molecule has 0 fully saturated rings. The molecule has 0 aliphatic carbocycles. The van der Waals surface area contributed by atoms with Crippen LogP contribution in [0.15, 0.2) is 60.7 Å². The number of nitrogens with zero attached hydrogens (tertiary/aromatic N) is 2. The number of carbonyl (C=O) groups is 3. The molecule has 1 atom stereocenters. The number of nitrogens with one attached hydrogen (secondary N) is 3. The average molecular weight is 419 g/mol. The SMILES string of the molecule is CC1Oc2ccccc2N(CCC(=O)NNC(=O)c2cc(-c3ccccc3)n[nH]2)C1=O. The lowest BCUT2D eigenvalue weighted by atomic mass is 10.1. The number of aromatic nitrogens is 2. The Balaban J connectivity index is 1.31. The van der Waals surface area contributed by atoms with Gasteiger partial charge in [-0.2, -0.15) is 5.10 Å². The number of aromatic amines is 1. The second-order valence-electron chi connectivity index (χ2n) is 7.00. The largest absolute Gasteiger partial charge is 0.479 e. The summed E-state index contributed by atoms with van der Waals surface area (Å²) in [5.41, 5.74) is 7.04. The summed E-state index contributed by atoms with van der Waals surface area (Å²) >= 11 is 0. The van der Waals surface area contributed by atoms with Gasteiger partial charge in [0.2, 0.25) is 5.91 Å². The number of hydrazine groups is 1. The summed E-state index contributed by atoms with van der Waals surface area (Å²) < 4.78 is 5.58. The molecule has 9 nitrogen and oxygen atoms in total. The van der Waals surface area contributed by atoms with Gasteiger partial charge in [0, 0.05) is 18.5 Å². The number of anilines is 1. The highest BCUT2D eigenvalue weighted by molar-refractivity contribution is 6.00. The van der Waals surface area contributed by atoms with Crippen molar-refractivity contribution in [2.24, 2.45) is 0 Å². The van der Waals surface area contributed by atoms with Crippen LogP contribution < -0.4 is 20.5 Å². The van der Waals surface area contributed by atoms with Gasteiger partial charge >= 0.3 is 0 Å². The van der Waals surface area contributed by atoms with Crippen molar-refractivity contribution in [1.29, 1.82) is 0 Å². The van der Waals surface area contributed by atoms with Crippen LogP contribution in [0, 0.1) is 0 Å². The Kier molecular flexibility index (Phi) is 5.65. The molecule has 0 radical (unpaired) electrons. The Hall–Kier alpha value is -4.14. The van der Waals surface area contributed by atoms with E-state index in [1.165, 1.54) is 4.90 Å². The second-order valence-corrected chi connectivity index (χ2v) is 7.00. The van der Waals surface area contributed by atoms with Crippen LogP contribution in [0.1, 0.15) is 23.8 Å². The summed E-state index contributed by atoms with van der Waals surface area (Å²) in [7, 11) is 0. The quantitative estimate of drug-likeness (QED) is 0.547. The molecule has 0 saturated heterocycles. The highest BCUT2D eigenvalue weighted by Crippen LogP contribution is 2.33. The van der Waals surface area contributed by atoms with Gasteiger partial charge in [-0.25, -0.2) is 0 Å². The highest BCUT2D eigenvalue weighted by Gasteiger charge is 2.31. The molecule has 158 valence electrons. The van der Waals surface area contributed by atoms with Crippen LogP contribution in [-0.4, -0.2) is 40.6 Å². The van der Waals surface area contributed by atoms with Crippen LogP contribution in [-0.2, 0) is 9.59 Å². The molecule has 1 aliphatic rings. The number of hydrogen-bond acceptors (Lipinski definition) is 5. The van der Waals surface area contributed by atoms with Crippen molar-refractivity contribution in [3.63, 3.8) is 0 Å². The molecule has 0 saturated carbocycles. The standard InChI is InChI=1S/C22H21N5O4/c1-14-22(30)27(18-9-5-6-10-19(18)31-14)12-11-20(28)25-26-21(29)17-13-16(23-24-17)15-7-3-2-4-8-15/h2-10,13-14H,11-12H2,1H3,(H,23,24)(H,25,28)(H,26,29). The number of para-hydroxylation sites is 2. The van der Waals surface area contributed by atoms with E-state index in [2.05, 4.69) is 21.0 Å². The lowest BCUT2D eigenvalue weighted by Gasteiger charge is -2.32. The van der Waals surface area contributed by atoms with Gasteiger partial charge in [0.1, 0.15) is 11.4 Å². The van der Waals surface area contributed by atoms with Crippen LogP contribution in [0.3, 0.4) is 0 Å². The predicted octanol–water partition coefficient (Wildman–Crippen LogP) is 2.04. The van der Waals surface area contributed by atoms with Gasteiger partial charge in [-0.1, -0.05) is 42.5 Å². The first-order chi connectivity index (χ1) is 15.0. The summed E-state index contributed by atoms with van der Waals surface area (Å²) in [5, 5.41) is 6.77. The number of rotatable bonds is 5. The van der Waals surface area contributed by atoms with E-state index < -0.39 is 17.9 Å². The van der Waals surface area contributed by atoms with E-state index in [-0.39, 0.29) is 24.6 Å². The smallest absolute Gasteiger partial charge is 0.287 e. The van der Waals surface area contributed by atoms with Crippen LogP contribution in [0.25, 0.3) is 11.3 Å². The minimum Gasteiger partial charge on any atom is -0.479 e. The van der Waals surface area contributed by atoms with E-state index in [1.54, 1.807) is 31.2 Å². The molecule has 0 bridgehead atoms. The molecule has 2 aromatic carbocycles. The van der Waals surface area contributed by atoms with Gasteiger partial charge in [-0.15, -0.1) is 0 Å². The number of benzene rings is 2. The van der Waals surface area contributed by atoms with E-state index in [1.807, 2.05) is 36.4 Å². The van der Waals surface area contributed by atoms with Crippen molar-refractivity contribution in [3.8, 4) is 17.0 Å². The maximum atomic E-state index is 12.5. The van der Waals surface area contributed by atoms with Gasteiger partial charge in [-0.3, -0.25) is 30.3 Å². The first-order valence-electron chi connectivity index (χ1n) is 9.80. The van der Waals surface area contributed by atoms with Gasteiger partial charge in [-0.05, 0) is 25.1 Å². The van der Waals surface area contributed by atoms with Gasteiger partial charge in [0.25, 0.3) is 11.8 Å². The molecule has 1 aromatic heterocycles. The number of amides is 3. The van der Waals surface area contributed by atoms with Crippen LogP contribution in [0.4, 0.5) is 5.69 Å². The minimum atomic E-state index is -0.628. The fourth-order valence-corrected chi connectivity index (χ4v) is 3.25. The Labute approximate surface area is 178 Å². The fraction of sp³-hybridized carbons (Fsp3) is 0.182. The first kappa shape index (κ1) is 20.1. The zero-order chi connectivity index (χ0) is 21.8. The van der Waals surface area contributed by atoms with Crippen LogP contribution in [0.5, 0.6) is 5.75 Å². The van der Waals surface area contributed by atoms with Crippen LogP contribution >= 0.6 is 0 Å². The first-order valence-corrected chi connectivity index (χ1v) is 9.80. The Bertz CT molecular complexity index is 1110. The van der Waals surface area contributed by atoms with Crippen molar-refractivity contribution in [1.82, 2.24) is 21.0 Å². The summed E-state index contributed by atoms with van der Waals surface area (Å²) in [4.78, 5) is 38.5. The molecule has 3 aromatic rings. The molecule has 31 heavy (non-hydrogen) atoms. The van der Waals surface area contributed by atoms with Crippen molar-refractivity contribution in [2.75, 3.05) is 11.4 Å². The Morgan fingerprint density at radius 1 is 1.10 bits per heavy atom. The molecular weight excluding hydrogens is 398 g/mol. The average Bonchev–Trinajstić information content (AvgIpc) is 3.29. The second kappa shape index (κ2) is 8.70. The number of fused-ring (bicyclic) bond motifs is 1. The van der Waals surface area contributed by atoms with E-state index in [4.69, 9.17) is 4.74 Å². The van der Waals surface area contributed by atoms with Crippen molar-refractivity contribution in [2.45, 2.75) is 19.4 Å². The number of ether oxygens (including phenoxy) is 1. The lowest BCUT2D eigenvalue weighted by Crippen LogP contribution is -2.47. The molecule has 0 spiro atoms. The molecule has 4 rings (SSSR count). The van der Waals surface area contributed by atoms with E-state index >= 15 is 0 Å². The topological polar surface area (TPSA) is 116 Å². The van der Waals surface area contributed by atoms with Crippen LogP contribution in [0.2, 0.25) is 0 Å². The van der Waals surface area contributed by atoms with E-state index in [9.17, 15) is 14.4 Å². The Morgan fingerprint density at radius 2 is 1.84 bits per heavy atom. The van der Waals surface area contributed by atoms with E-state index in [0.29, 0.717) is 17.1 Å². The third-order valence-electron chi connectivity index (χ3n) is 4.84. The molecule has 3 amide bonds. The summed E-state index contributed by atoms with van der Waals surface area (Å²) in [5.74, 6) is -0.580. The zero-order valence-corrected chi connectivity index (χ0v) is 16.8. The molecule has 3 N–H and O–H groups in total. The van der Waals surface area contributed by atoms with Crippen molar-refractivity contribution >= 4 is 23.4 Å². The lowest BCUT2D eigenvalue weighted by molar-refractivity contribution is -0.125. The maximum absolute atomic E-state index is 12.5. The number of H-pyrrole nitrogens is 1. The van der Waals surface area contributed by atoms with Gasteiger partial charge in [0.15, 0.2) is 6.10 Å². The maximum Gasteiger partial charge on any atom is 0.287 e. The monoisotopic (exact) mass is 419 g/mol. The molecule has 1 unspecified atom stereocenters. The fourth-order valence-electron chi connectivity index (χ4n) is 3.25. The number of hydrogen-bond donors (Lipinski definition) is 3. The molecule has 2 heterocycles. The minimum absolute atomic E-state index is 0.00527. The number of carbonyl (C=O) groups excluding carboxylic acids is 3. The summed E-state index contributed by atoms with van der Waals surface area (Å²) in [6.07, 6.45) is -0.623.